The van der Waals surface area contributed by atoms with Crippen LogP contribution in [0.25, 0.3) is 0 Å². The lowest BCUT2D eigenvalue weighted by molar-refractivity contribution is 0.0553. The maximum Gasteiger partial charge on any atom is 0.333 e. The minimum atomic E-state index is -2.60. The van der Waals surface area contributed by atoms with Crippen LogP contribution < -0.4 is 10.1 Å². The van der Waals surface area contributed by atoms with Crippen molar-refractivity contribution in [3.05, 3.63) is 47.8 Å². The van der Waals surface area contributed by atoms with E-state index >= 15 is 0 Å². The molecule has 0 radical (unpaired) electrons. The largest absolute Gasteiger partial charge is 0.496 e. The summed E-state index contributed by atoms with van der Waals surface area (Å²) in [5, 5.41) is 7.33. The van der Waals surface area contributed by atoms with Crippen LogP contribution >= 0.6 is 0 Å². The molecule has 1 fully saturated rings. The average Bonchev–Trinajstić information content (AvgIpc) is 3.04. The van der Waals surface area contributed by atoms with Crippen LogP contribution in [0.15, 0.2) is 36.5 Å². The molecular weight excluding hydrogens is 302 g/mol. The summed E-state index contributed by atoms with van der Waals surface area (Å²) in [6, 6.07) is 9.67. The quantitative estimate of drug-likeness (QED) is 0.918. The smallest absolute Gasteiger partial charge is 0.333 e. The van der Waals surface area contributed by atoms with Crippen molar-refractivity contribution < 1.29 is 13.5 Å². The Labute approximate surface area is 133 Å². The number of hydrogen-bond acceptors (Lipinski definition) is 4. The number of nitrogens with one attached hydrogen (secondary N) is 1. The normalized spacial score (nSPS) is 19.2. The molecule has 2 heterocycles. The standard InChI is InChI=1S/C16H20F2N4O/c1-23-15-5-3-2-4-13(15)14-10-19-7-9-21(14)11-12-6-8-22(20-12)16(17)18/h2-6,8,14,16,19H,7,9-11H2,1H3. The van der Waals surface area contributed by atoms with E-state index in [-0.39, 0.29) is 6.04 Å². The van der Waals surface area contributed by atoms with Crippen molar-refractivity contribution in [3.63, 3.8) is 0 Å². The molecule has 1 aromatic heterocycles. The first-order chi connectivity index (χ1) is 11.2. The van der Waals surface area contributed by atoms with E-state index in [0.717, 1.165) is 30.9 Å². The summed E-state index contributed by atoms with van der Waals surface area (Å²) in [5.74, 6) is 0.837. The first kappa shape index (κ1) is 15.9. The van der Waals surface area contributed by atoms with E-state index in [4.69, 9.17) is 4.74 Å². The summed E-state index contributed by atoms with van der Waals surface area (Å²) >= 11 is 0. The molecule has 1 N–H and O–H groups in total. The lowest BCUT2D eigenvalue weighted by Gasteiger charge is -2.36. The first-order valence-corrected chi connectivity index (χ1v) is 7.59. The number of rotatable bonds is 5. The summed E-state index contributed by atoms with van der Waals surface area (Å²) in [7, 11) is 1.66. The second-order valence-electron chi connectivity index (χ2n) is 5.50. The van der Waals surface area contributed by atoms with Gasteiger partial charge in [-0.25, -0.2) is 4.68 Å². The Morgan fingerprint density at radius 3 is 2.91 bits per heavy atom. The zero-order valence-corrected chi connectivity index (χ0v) is 13.0. The maximum absolute atomic E-state index is 12.7. The number of methoxy groups -OCH3 is 1. The van der Waals surface area contributed by atoms with Crippen LogP contribution in [0.1, 0.15) is 23.8 Å². The van der Waals surface area contributed by atoms with Crippen molar-refractivity contribution in [2.45, 2.75) is 19.1 Å². The molecule has 0 saturated carbocycles. The summed E-state index contributed by atoms with van der Waals surface area (Å²) in [6.45, 7) is 0.405. The highest BCUT2D eigenvalue weighted by atomic mass is 19.3. The maximum atomic E-state index is 12.7. The minimum Gasteiger partial charge on any atom is -0.496 e. The lowest BCUT2D eigenvalue weighted by atomic mass is 10.0. The van der Waals surface area contributed by atoms with Gasteiger partial charge in [-0.15, -0.1) is 0 Å². The molecule has 0 spiro atoms. The van der Waals surface area contributed by atoms with Crippen molar-refractivity contribution in [2.75, 3.05) is 26.7 Å². The predicted molar refractivity (Wildman–Crippen MR) is 82.5 cm³/mol. The van der Waals surface area contributed by atoms with Gasteiger partial charge in [-0.05, 0) is 12.1 Å². The van der Waals surface area contributed by atoms with Gasteiger partial charge in [0.25, 0.3) is 0 Å². The predicted octanol–water partition coefficient (Wildman–Crippen LogP) is 2.43. The van der Waals surface area contributed by atoms with Gasteiger partial charge >= 0.3 is 6.55 Å². The van der Waals surface area contributed by atoms with Gasteiger partial charge in [0.1, 0.15) is 5.75 Å². The highest BCUT2D eigenvalue weighted by Crippen LogP contribution is 2.31. The Morgan fingerprint density at radius 2 is 2.17 bits per heavy atom. The number of hydrogen-bond donors (Lipinski definition) is 1. The molecule has 1 unspecified atom stereocenters. The SMILES string of the molecule is COc1ccccc1C1CNCCN1Cc1ccn(C(F)F)n1. The molecule has 23 heavy (non-hydrogen) atoms. The van der Waals surface area contributed by atoms with Crippen molar-refractivity contribution in [1.29, 1.82) is 0 Å². The van der Waals surface area contributed by atoms with Gasteiger partial charge in [0.15, 0.2) is 0 Å². The third kappa shape index (κ3) is 3.51. The summed E-state index contributed by atoms with van der Waals surface area (Å²) in [4.78, 5) is 2.24. The molecule has 0 bridgehead atoms. The Hall–Kier alpha value is -1.99. The Bertz CT molecular complexity index is 647. The van der Waals surface area contributed by atoms with Crippen LogP contribution in [0.4, 0.5) is 8.78 Å². The van der Waals surface area contributed by atoms with Crippen molar-refractivity contribution in [3.8, 4) is 5.75 Å². The van der Waals surface area contributed by atoms with Crippen LogP contribution in [0, 0.1) is 0 Å². The van der Waals surface area contributed by atoms with Crippen LogP contribution in [0.5, 0.6) is 5.75 Å². The average molecular weight is 322 g/mol. The molecule has 7 heteroatoms. The van der Waals surface area contributed by atoms with Crippen LogP contribution in [0.3, 0.4) is 0 Å². The lowest BCUT2D eigenvalue weighted by Crippen LogP contribution is -2.45. The summed E-state index contributed by atoms with van der Waals surface area (Å²) < 4.78 is 31.5. The molecule has 5 nitrogen and oxygen atoms in total. The fraction of sp³-hybridized carbons (Fsp3) is 0.438. The van der Waals surface area contributed by atoms with Crippen molar-refractivity contribution in [2.24, 2.45) is 0 Å². The van der Waals surface area contributed by atoms with E-state index in [0.29, 0.717) is 16.9 Å². The third-order valence-electron chi connectivity index (χ3n) is 4.08. The Kier molecular flexibility index (Phi) is 4.88. The van der Waals surface area contributed by atoms with Gasteiger partial charge in [-0.2, -0.15) is 13.9 Å². The molecule has 0 amide bonds. The molecule has 2 aromatic rings. The highest BCUT2D eigenvalue weighted by Gasteiger charge is 2.26. The first-order valence-electron chi connectivity index (χ1n) is 7.59. The third-order valence-corrected chi connectivity index (χ3v) is 4.08. The number of piperazine rings is 1. The molecule has 1 atom stereocenters. The van der Waals surface area contributed by atoms with E-state index in [2.05, 4.69) is 15.3 Å². The molecular formula is C16H20F2N4O. The molecule has 3 rings (SSSR count). The second-order valence-corrected chi connectivity index (χ2v) is 5.50. The van der Waals surface area contributed by atoms with E-state index in [1.807, 2.05) is 24.3 Å². The van der Waals surface area contributed by atoms with Crippen LogP contribution in [-0.2, 0) is 6.54 Å². The Balaban J connectivity index is 1.81. The number of alkyl halides is 2. The van der Waals surface area contributed by atoms with Gasteiger partial charge in [0.05, 0.1) is 18.8 Å². The van der Waals surface area contributed by atoms with Crippen LogP contribution in [-0.4, -0.2) is 41.4 Å². The van der Waals surface area contributed by atoms with Gasteiger partial charge in [-0.1, -0.05) is 18.2 Å². The monoisotopic (exact) mass is 322 g/mol. The van der Waals surface area contributed by atoms with E-state index in [1.165, 1.54) is 6.20 Å². The van der Waals surface area contributed by atoms with Gasteiger partial charge in [0.2, 0.25) is 0 Å². The molecule has 1 aliphatic rings. The zero-order chi connectivity index (χ0) is 16.2. The topological polar surface area (TPSA) is 42.3 Å². The van der Waals surface area contributed by atoms with Crippen molar-refractivity contribution >= 4 is 0 Å². The second kappa shape index (κ2) is 7.06. The van der Waals surface area contributed by atoms with E-state index in [1.54, 1.807) is 13.2 Å². The van der Waals surface area contributed by atoms with Gasteiger partial charge < -0.3 is 10.1 Å². The molecule has 1 aliphatic heterocycles. The fourth-order valence-electron chi connectivity index (χ4n) is 2.96. The number of aromatic nitrogens is 2. The molecule has 1 saturated heterocycles. The van der Waals surface area contributed by atoms with Crippen LogP contribution in [0.2, 0.25) is 0 Å². The zero-order valence-electron chi connectivity index (χ0n) is 13.0. The molecule has 1 aromatic carbocycles. The van der Waals surface area contributed by atoms with Gasteiger partial charge in [0, 0.05) is 37.9 Å². The molecule has 0 aliphatic carbocycles. The Morgan fingerprint density at radius 1 is 1.35 bits per heavy atom. The number of para-hydroxylation sites is 1. The number of benzene rings is 1. The van der Waals surface area contributed by atoms with E-state index < -0.39 is 6.55 Å². The summed E-state index contributed by atoms with van der Waals surface area (Å²) in [6.07, 6.45) is 1.32. The van der Waals surface area contributed by atoms with Gasteiger partial charge in [-0.3, -0.25) is 4.90 Å². The molecule has 124 valence electrons. The number of ether oxygens (including phenoxy) is 1. The fourth-order valence-corrected chi connectivity index (χ4v) is 2.96. The number of halogens is 2. The van der Waals surface area contributed by atoms with E-state index in [9.17, 15) is 8.78 Å². The minimum absolute atomic E-state index is 0.122. The number of nitrogens with zero attached hydrogens (tertiary/aromatic N) is 3. The highest BCUT2D eigenvalue weighted by molar-refractivity contribution is 5.36. The summed E-state index contributed by atoms with van der Waals surface area (Å²) in [5.41, 5.74) is 1.74. The van der Waals surface area contributed by atoms with Crippen molar-refractivity contribution in [1.82, 2.24) is 20.0 Å².